The minimum Gasteiger partial charge on any atom is -0.422 e. The largest absolute Gasteiger partial charge is 0.422 e. The van der Waals surface area contributed by atoms with Crippen LogP contribution in [0.5, 0.6) is 5.75 Å². The average molecular weight is 333 g/mol. The zero-order valence-corrected chi connectivity index (χ0v) is 12.2. The molecule has 0 saturated carbocycles. The Hall–Kier alpha value is -1.65. The van der Waals surface area contributed by atoms with Crippen molar-refractivity contribution in [3.8, 4) is 5.75 Å². The van der Waals surface area contributed by atoms with Crippen molar-refractivity contribution in [3.63, 3.8) is 0 Å². The van der Waals surface area contributed by atoms with Gasteiger partial charge in [0, 0.05) is 9.86 Å². The van der Waals surface area contributed by atoms with Crippen molar-refractivity contribution in [1.29, 1.82) is 0 Å². The van der Waals surface area contributed by atoms with Crippen molar-refractivity contribution in [2.75, 3.05) is 0 Å². The Balaban J connectivity index is 2.02. The van der Waals surface area contributed by atoms with Crippen molar-refractivity contribution in [2.24, 2.45) is 0 Å². The summed E-state index contributed by atoms with van der Waals surface area (Å²) in [5, 5.41) is 3.80. The number of rotatable bonds is 2. The van der Waals surface area contributed by atoms with Gasteiger partial charge in [-0.25, -0.2) is 4.79 Å². The number of carbonyl (C=O) groups is 1. The smallest absolute Gasteiger partial charge is 0.353 e. The fourth-order valence-corrected chi connectivity index (χ4v) is 2.95. The second-order valence-corrected chi connectivity index (χ2v) is 5.76. The number of fused-ring (bicyclic) bond motifs is 1. The number of hydrogen-bond acceptors (Lipinski definition) is 3. The second-order valence-electron chi connectivity index (χ2n) is 3.96. The number of hydrogen-bond donors (Lipinski definition) is 0. The van der Waals surface area contributed by atoms with E-state index in [2.05, 4.69) is 15.9 Å². The Morgan fingerprint density at radius 2 is 1.79 bits per heavy atom. The maximum Gasteiger partial charge on any atom is 0.353 e. The van der Waals surface area contributed by atoms with E-state index in [0.717, 1.165) is 15.2 Å². The lowest BCUT2D eigenvalue weighted by Crippen LogP contribution is -2.06. The van der Waals surface area contributed by atoms with Crippen LogP contribution in [0, 0.1) is 0 Å². The highest BCUT2D eigenvalue weighted by atomic mass is 79.9. The van der Waals surface area contributed by atoms with E-state index >= 15 is 0 Å². The monoisotopic (exact) mass is 332 g/mol. The van der Waals surface area contributed by atoms with Crippen molar-refractivity contribution in [3.05, 3.63) is 63.3 Å². The van der Waals surface area contributed by atoms with E-state index in [0.29, 0.717) is 10.6 Å². The normalized spacial score (nSPS) is 10.6. The first kappa shape index (κ1) is 12.4. The van der Waals surface area contributed by atoms with E-state index in [-0.39, 0.29) is 5.97 Å². The molecule has 19 heavy (non-hydrogen) atoms. The number of halogens is 1. The summed E-state index contributed by atoms with van der Waals surface area (Å²) in [7, 11) is 0. The van der Waals surface area contributed by atoms with Gasteiger partial charge in [-0.05, 0) is 29.0 Å². The third-order valence-corrected chi connectivity index (χ3v) is 4.30. The van der Waals surface area contributed by atoms with Crippen LogP contribution in [0.25, 0.3) is 10.8 Å². The lowest BCUT2D eigenvalue weighted by molar-refractivity contribution is 0.0742. The van der Waals surface area contributed by atoms with Gasteiger partial charge in [-0.2, -0.15) is 0 Å². The van der Waals surface area contributed by atoms with Gasteiger partial charge >= 0.3 is 5.97 Å². The number of ether oxygens (including phenoxy) is 1. The minimum atomic E-state index is -0.317. The molecule has 2 aromatic carbocycles. The van der Waals surface area contributed by atoms with Crippen LogP contribution in [-0.4, -0.2) is 5.97 Å². The number of carbonyl (C=O) groups excluding carboxylic acids is 1. The van der Waals surface area contributed by atoms with Gasteiger partial charge in [0.2, 0.25) is 0 Å². The first-order chi connectivity index (χ1) is 9.25. The predicted octanol–water partition coefficient (Wildman–Crippen LogP) is 4.88. The molecular weight excluding hydrogens is 324 g/mol. The molecule has 1 aromatic heterocycles. The summed E-state index contributed by atoms with van der Waals surface area (Å²) < 4.78 is 6.46. The molecule has 0 saturated heterocycles. The van der Waals surface area contributed by atoms with Crippen LogP contribution in [0.2, 0.25) is 0 Å². The predicted molar refractivity (Wildman–Crippen MR) is 80.9 cm³/mol. The summed E-state index contributed by atoms with van der Waals surface area (Å²) in [5.74, 6) is 0.264. The third-order valence-electron chi connectivity index (χ3n) is 2.76. The fourth-order valence-electron chi connectivity index (χ4n) is 1.87. The molecule has 2 nitrogen and oxygen atoms in total. The number of esters is 1. The van der Waals surface area contributed by atoms with Gasteiger partial charge in [0.15, 0.2) is 0 Å². The highest BCUT2D eigenvalue weighted by Gasteiger charge is 2.12. The van der Waals surface area contributed by atoms with Gasteiger partial charge in [0.05, 0.1) is 0 Å². The Kier molecular flexibility index (Phi) is 3.36. The number of benzene rings is 2. The summed E-state index contributed by atoms with van der Waals surface area (Å²) >= 11 is 4.87. The molecular formula is C15H9BrO2S. The lowest BCUT2D eigenvalue weighted by Gasteiger charge is -2.08. The summed E-state index contributed by atoms with van der Waals surface area (Å²) in [5.41, 5.74) is 0. The van der Waals surface area contributed by atoms with E-state index in [4.69, 9.17) is 4.74 Å². The van der Waals surface area contributed by atoms with Crippen molar-refractivity contribution < 1.29 is 9.53 Å². The van der Waals surface area contributed by atoms with Crippen LogP contribution in [0.3, 0.4) is 0 Å². The highest BCUT2D eigenvalue weighted by Crippen LogP contribution is 2.32. The number of thiophene rings is 1. The molecule has 0 amide bonds. The average Bonchev–Trinajstić information content (AvgIpc) is 2.96. The van der Waals surface area contributed by atoms with Crippen molar-refractivity contribution in [2.45, 2.75) is 0 Å². The van der Waals surface area contributed by atoms with Crippen LogP contribution in [0.1, 0.15) is 9.67 Å². The highest BCUT2D eigenvalue weighted by molar-refractivity contribution is 9.10. The third kappa shape index (κ3) is 2.41. The molecule has 0 atom stereocenters. The molecule has 0 spiro atoms. The molecule has 4 heteroatoms. The molecule has 0 aliphatic rings. The van der Waals surface area contributed by atoms with Crippen LogP contribution >= 0.6 is 27.3 Å². The lowest BCUT2D eigenvalue weighted by atomic mass is 10.1. The summed E-state index contributed by atoms with van der Waals surface area (Å²) in [6, 6.07) is 15.1. The van der Waals surface area contributed by atoms with E-state index in [9.17, 15) is 4.79 Å². The fraction of sp³-hybridized carbons (Fsp3) is 0. The molecule has 0 unspecified atom stereocenters. The SMILES string of the molecule is O=C(Oc1ccc(Br)c2ccccc12)c1cccs1. The molecule has 0 N–H and O–H groups in total. The molecule has 94 valence electrons. The maximum absolute atomic E-state index is 12.0. The molecule has 3 aromatic rings. The molecule has 1 heterocycles. The molecule has 0 fully saturated rings. The van der Waals surface area contributed by atoms with Gasteiger partial charge in [-0.15, -0.1) is 11.3 Å². The van der Waals surface area contributed by atoms with Gasteiger partial charge in [0.25, 0.3) is 0 Å². The standard InChI is InChI=1S/C15H9BrO2S/c16-12-7-8-13(11-5-2-1-4-10(11)12)18-15(17)14-6-3-9-19-14/h1-9H. The van der Waals surface area contributed by atoms with Crippen molar-refractivity contribution >= 4 is 44.0 Å². The first-order valence-corrected chi connectivity index (χ1v) is 7.36. The van der Waals surface area contributed by atoms with E-state index < -0.39 is 0 Å². The van der Waals surface area contributed by atoms with Gasteiger partial charge < -0.3 is 4.74 Å². The van der Waals surface area contributed by atoms with Crippen LogP contribution in [0.15, 0.2) is 58.4 Å². The molecule has 0 radical (unpaired) electrons. The molecule has 3 rings (SSSR count). The zero-order valence-electron chi connectivity index (χ0n) is 9.80. The van der Waals surface area contributed by atoms with E-state index in [1.54, 1.807) is 12.1 Å². The topological polar surface area (TPSA) is 26.3 Å². The van der Waals surface area contributed by atoms with Crippen LogP contribution < -0.4 is 4.74 Å². The first-order valence-electron chi connectivity index (χ1n) is 5.68. The Morgan fingerprint density at radius 3 is 2.53 bits per heavy atom. The van der Waals surface area contributed by atoms with Crippen LogP contribution in [0.4, 0.5) is 0 Å². The Bertz CT molecular complexity index is 735. The summed E-state index contributed by atoms with van der Waals surface area (Å²) in [6.07, 6.45) is 0. The van der Waals surface area contributed by atoms with Gasteiger partial charge in [0.1, 0.15) is 10.6 Å². The summed E-state index contributed by atoms with van der Waals surface area (Å²) in [6.45, 7) is 0. The summed E-state index contributed by atoms with van der Waals surface area (Å²) in [4.78, 5) is 12.6. The van der Waals surface area contributed by atoms with Crippen molar-refractivity contribution in [1.82, 2.24) is 0 Å². The van der Waals surface area contributed by atoms with Crippen LogP contribution in [-0.2, 0) is 0 Å². The second kappa shape index (κ2) is 5.15. The van der Waals surface area contributed by atoms with E-state index in [1.165, 1.54) is 11.3 Å². The zero-order chi connectivity index (χ0) is 13.2. The quantitative estimate of drug-likeness (QED) is 0.493. The molecule has 0 aliphatic heterocycles. The molecule has 0 aliphatic carbocycles. The van der Waals surface area contributed by atoms with Gasteiger partial charge in [-0.1, -0.05) is 46.3 Å². The van der Waals surface area contributed by atoms with E-state index in [1.807, 2.05) is 41.8 Å². The maximum atomic E-state index is 12.0. The molecule has 0 bridgehead atoms. The van der Waals surface area contributed by atoms with Gasteiger partial charge in [-0.3, -0.25) is 0 Å². The Labute approximate surface area is 122 Å². The minimum absolute atomic E-state index is 0.317. The Morgan fingerprint density at radius 1 is 1.00 bits per heavy atom.